The molecule has 1 aliphatic rings. The van der Waals surface area contributed by atoms with E-state index in [1.54, 1.807) is 12.1 Å². The number of para-hydroxylation sites is 1. The molecule has 1 N–H and O–H groups in total. The summed E-state index contributed by atoms with van der Waals surface area (Å²) in [6.07, 6.45) is 3.89. The quantitative estimate of drug-likeness (QED) is 0.618. The molecule has 2 aromatic rings. The summed E-state index contributed by atoms with van der Waals surface area (Å²) >= 11 is 0. The Bertz CT molecular complexity index is 799. The van der Waals surface area contributed by atoms with Crippen LogP contribution in [0.2, 0.25) is 0 Å². The van der Waals surface area contributed by atoms with Crippen molar-refractivity contribution in [2.75, 3.05) is 18.0 Å². The Morgan fingerprint density at radius 2 is 1.78 bits per heavy atom. The molecule has 0 aliphatic carbocycles. The number of carbonyl (C=O) groups excluding carboxylic acids is 1. The predicted molar refractivity (Wildman–Crippen MR) is 106 cm³/mol. The number of rotatable bonds is 6. The van der Waals surface area contributed by atoms with Crippen LogP contribution in [0.4, 0.5) is 11.4 Å². The van der Waals surface area contributed by atoms with E-state index < -0.39 is 4.92 Å². The number of amides is 1. The van der Waals surface area contributed by atoms with E-state index in [1.165, 1.54) is 37.1 Å². The summed E-state index contributed by atoms with van der Waals surface area (Å²) in [7, 11) is 0. The maximum atomic E-state index is 12.4. The molecule has 0 bridgehead atoms. The van der Waals surface area contributed by atoms with E-state index in [-0.39, 0.29) is 24.1 Å². The number of nitrogens with one attached hydrogen (secondary N) is 1. The summed E-state index contributed by atoms with van der Waals surface area (Å²) in [5.41, 5.74) is 3.11. The molecule has 1 fully saturated rings. The van der Waals surface area contributed by atoms with Gasteiger partial charge in [-0.15, -0.1) is 0 Å². The molecule has 6 nitrogen and oxygen atoms in total. The Hall–Kier alpha value is -2.89. The Labute approximate surface area is 159 Å². The number of nitro groups is 1. The number of anilines is 1. The highest BCUT2D eigenvalue weighted by Crippen LogP contribution is 2.28. The maximum Gasteiger partial charge on any atom is 0.269 e. The summed E-state index contributed by atoms with van der Waals surface area (Å²) in [5.74, 6) is -0.0928. The first kappa shape index (κ1) is 18.9. The number of piperidine rings is 1. The maximum absolute atomic E-state index is 12.4. The third-order valence-electron chi connectivity index (χ3n) is 4.99. The molecule has 1 heterocycles. The molecule has 142 valence electrons. The molecule has 0 radical (unpaired) electrons. The van der Waals surface area contributed by atoms with E-state index in [9.17, 15) is 14.9 Å². The number of carbonyl (C=O) groups is 1. The second-order valence-electron chi connectivity index (χ2n) is 7.00. The molecule has 1 aliphatic heterocycles. The largest absolute Gasteiger partial charge is 0.371 e. The highest BCUT2D eigenvalue weighted by Gasteiger charge is 2.18. The third kappa shape index (κ3) is 4.84. The van der Waals surface area contributed by atoms with Gasteiger partial charge in [0.2, 0.25) is 5.91 Å². The van der Waals surface area contributed by atoms with Crippen molar-refractivity contribution in [2.45, 2.75) is 38.6 Å². The first-order chi connectivity index (χ1) is 13.0. The molecule has 1 atom stereocenters. The fourth-order valence-electron chi connectivity index (χ4n) is 3.57. The lowest BCUT2D eigenvalue weighted by molar-refractivity contribution is -0.384. The number of hydrogen-bond acceptors (Lipinski definition) is 4. The second kappa shape index (κ2) is 8.66. The normalized spacial score (nSPS) is 15.2. The zero-order valence-electron chi connectivity index (χ0n) is 15.6. The highest BCUT2D eigenvalue weighted by atomic mass is 16.6. The van der Waals surface area contributed by atoms with Crippen molar-refractivity contribution >= 4 is 17.3 Å². The van der Waals surface area contributed by atoms with E-state index in [1.807, 2.05) is 19.1 Å². The second-order valence-corrected chi connectivity index (χ2v) is 7.00. The molecule has 0 aromatic heterocycles. The van der Waals surface area contributed by atoms with Crippen LogP contribution in [0.15, 0.2) is 48.5 Å². The average molecular weight is 367 g/mol. The molecule has 1 unspecified atom stereocenters. The first-order valence-electron chi connectivity index (χ1n) is 9.41. The van der Waals surface area contributed by atoms with Crippen molar-refractivity contribution in [1.82, 2.24) is 5.32 Å². The summed E-state index contributed by atoms with van der Waals surface area (Å²) in [4.78, 5) is 25.1. The molecule has 1 amide bonds. The summed E-state index contributed by atoms with van der Waals surface area (Å²) < 4.78 is 0. The Morgan fingerprint density at radius 3 is 2.44 bits per heavy atom. The van der Waals surface area contributed by atoms with Gasteiger partial charge in [-0.05, 0) is 43.4 Å². The van der Waals surface area contributed by atoms with Gasteiger partial charge in [0.15, 0.2) is 0 Å². The van der Waals surface area contributed by atoms with Crippen molar-refractivity contribution in [3.63, 3.8) is 0 Å². The highest BCUT2D eigenvalue weighted by molar-refractivity contribution is 5.79. The van der Waals surface area contributed by atoms with Gasteiger partial charge in [-0.25, -0.2) is 0 Å². The van der Waals surface area contributed by atoms with Crippen molar-refractivity contribution in [2.24, 2.45) is 0 Å². The summed E-state index contributed by atoms with van der Waals surface area (Å²) in [6.45, 7) is 4.11. The van der Waals surface area contributed by atoms with Crippen LogP contribution in [0.5, 0.6) is 0 Å². The molecular weight excluding hydrogens is 342 g/mol. The molecule has 1 saturated heterocycles. The topological polar surface area (TPSA) is 75.5 Å². The summed E-state index contributed by atoms with van der Waals surface area (Å²) in [5, 5.41) is 13.8. The number of nitro benzene ring substituents is 1. The molecule has 0 saturated carbocycles. The van der Waals surface area contributed by atoms with Gasteiger partial charge in [0, 0.05) is 30.9 Å². The molecule has 27 heavy (non-hydrogen) atoms. The van der Waals surface area contributed by atoms with Crippen LogP contribution in [0.25, 0.3) is 0 Å². The molecule has 0 spiro atoms. The van der Waals surface area contributed by atoms with Crippen molar-refractivity contribution < 1.29 is 9.72 Å². The van der Waals surface area contributed by atoms with Gasteiger partial charge < -0.3 is 10.2 Å². The average Bonchev–Trinajstić information content (AvgIpc) is 2.69. The number of nitrogens with zero attached hydrogens (tertiary/aromatic N) is 2. The van der Waals surface area contributed by atoms with Gasteiger partial charge in [0.05, 0.1) is 17.4 Å². The number of non-ortho nitro benzene ring substituents is 1. The Morgan fingerprint density at radius 1 is 1.11 bits per heavy atom. The van der Waals surface area contributed by atoms with Crippen LogP contribution in [-0.4, -0.2) is 23.9 Å². The van der Waals surface area contributed by atoms with E-state index in [4.69, 9.17) is 0 Å². The van der Waals surface area contributed by atoms with Crippen LogP contribution in [-0.2, 0) is 11.2 Å². The van der Waals surface area contributed by atoms with E-state index in [0.29, 0.717) is 0 Å². The van der Waals surface area contributed by atoms with E-state index >= 15 is 0 Å². The zero-order valence-corrected chi connectivity index (χ0v) is 15.6. The fraction of sp³-hybridized carbons (Fsp3) is 0.381. The minimum atomic E-state index is -0.441. The van der Waals surface area contributed by atoms with Crippen LogP contribution in [0.3, 0.4) is 0 Å². The van der Waals surface area contributed by atoms with Gasteiger partial charge in [-0.3, -0.25) is 14.9 Å². The first-order valence-corrected chi connectivity index (χ1v) is 9.41. The minimum absolute atomic E-state index is 0.0305. The van der Waals surface area contributed by atoms with Crippen LogP contribution < -0.4 is 10.2 Å². The van der Waals surface area contributed by atoms with Crippen LogP contribution in [0.1, 0.15) is 43.4 Å². The number of hydrogen-bond donors (Lipinski definition) is 1. The molecule has 2 aromatic carbocycles. The van der Waals surface area contributed by atoms with Crippen LogP contribution in [0, 0.1) is 10.1 Å². The zero-order chi connectivity index (χ0) is 19.2. The minimum Gasteiger partial charge on any atom is -0.371 e. The van der Waals surface area contributed by atoms with E-state index in [2.05, 4.69) is 22.3 Å². The van der Waals surface area contributed by atoms with Gasteiger partial charge in [-0.2, -0.15) is 0 Å². The summed E-state index contributed by atoms with van der Waals surface area (Å²) in [6, 6.07) is 14.2. The standard InChI is InChI=1S/C21H25N3O3/c1-16(19-7-3-4-8-20(19)23-13-5-2-6-14-23)22-21(25)15-17-9-11-18(12-10-17)24(26)27/h3-4,7-12,16H,2,5-6,13-15H2,1H3,(H,22,25). The fourth-order valence-corrected chi connectivity index (χ4v) is 3.57. The van der Waals surface area contributed by atoms with Gasteiger partial charge in [0.25, 0.3) is 5.69 Å². The van der Waals surface area contributed by atoms with Gasteiger partial charge in [0.1, 0.15) is 0 Å². The monoisotopic (exact) mass is 367 g/mol. The molecule has 3 rings (SSSR count). The van der Waals surface area contributed by atoms with Crippen LogP contribution >= 0.6 is 0 Å². The van der Waals surface area contributed by atoms with Crippen molar-refractivity contribution in [3.05, 3.63) is 69.8 Å². The third-order valence-corrected chi connectivity index (χ3v) is 4.99. The number of benzene rings is 2. The van der Waals surface area contributed by atoms with Crippen molar-refractivity contribution in [1.29, 1.82) is 0 Å². The smallest absolute Gasteiger partial charge is 0.269 e. The Balaban J connectivity index is 1.65. The molecule has 6 heteroatoms. The SMILES string of the molecule is CC(NC(=O)Cc1ccc([N+](=O)[O-])cc1)c1ccccc1N1CCCCC1. The molecular formula is C21H25N3O3. The predicted octanol–water partition coefficient (Wildman–Crippen LogP) is 4.01. The lowest BCUT2D eigenvalue weighted by Gasteiger charge is -2.32. The van der Waals surface area contributed by atoms with Gasteiger partial charge >= 0.3 is 0 Å². The van der Waals surface area contributed by atoms with E-state index in [0.717, 1.165) is 24.2 Å². The van der Waals surface area contributed by atoms with Crippen molar-refractivity contribution in [3.8, 4) is 0 Å². The lowest BCUT2D eigenvalue weighted by Crippen LogP contribution is -2.33. The lowest BCUT2D eigenvalue weighted by atomic mass is 10.0. The Kier molecular flexibility index (Phi) is 6.06. The van der Waals surface area contributed by atoms with Gasteiger partial charge in [-0.1, -0.05) is 30.3 Å².